The molecule has 0 aliphatic carbocycles. The molecule has 0 saturated carbocycles. The SMILES string of the molecule is C=C/C=C(OC(C)=O)\C(C)=C/C. The van der Waals surface area contributed by atoms with E-state index in [1.165, 1.54) is 6.92 Å². The number of esters is 1. The van der Waals surface area contributed by atoms with Gasteiger partial charge in [0.1, 0.15) is 5.76 Å². The number of ether oxygens (including phenoxy) is 1. The third kappa shape index (κ3) is 3.76. The molecule has 0 fully saturated rings. The van der Waals surface area contributed by atoms with Crippen molar-refractivity contribution in [1.29, 1.82) is 0 Å². The summed E-state index contributed by atoms with van der Waals surface area (Å²) >= 11 is 0. The summed E-state index contributed by atoms with van der Waals surface area (Å²) in [4.78, 5) is 10.6. The van der Waals surface area contributed by atoms with E-state index in [2.05, 4.69) is 6.58 Å². The fourth-order valence-corrected chi connectivity index (χ4v) is 0.650. The van der Waals surface area contributed by atoms with Crippen molar-refractivity contribution in [1.82, 2.24) is 0 Å². The van der Waals surface area contributed by atoms with Gasteiger partial charge in [-0.25, -0.2) is 0 Å². The molecule has 0 atom stereocenters. The molecule has 0 radical (unpaired) electrons. The van der Waals surface area contributed by atoms with Gasteiger partial charge in [0.05, 0.1) is 0 Å². The number of hydrogen-bond donors (Lipinski definition) is 0. The molecule has 0 saturated heterocycles. The van der Waals surface area contributed by atoms with Crippen LogP contribution in [0, 0.1) is 0 Å². The van der Waals surface area contributed by atoms with Crippen LogP contribution in [0.2, 0.25) is 0 Å². The van der Waals surface area contributed by atoms with Gasteiger partial charge >= 0.3 is 5.97 Å². The first kappa shape index (κ1) is 10.7. The van der Waals surface area contributed by atoms with E-state index < -0.39 is 0 Å². The highest BCUT2D eigenvalue weighted by Gasteiger charge is 2.01. The summed E-state index contributed by atoms with van der Waals surface area (Å²) in [6.07, 6.45) is 5.13. The summed E-state index contributed by atoms with van der Waals surface area (Å²) in [5.41, 5.74) is 0.921. The monoisotopic (exact) mass is 166 g/mol. The van der Waals surface area contributed by atoms with Crippen LogP contribution >= 0.6 is 0 Å². The van der Waals surface area contributed by atoms with E-state index in [9.17, 15) is 4.79 Å². The minimum atomic E-state index is -0.315. The second-order valence-electron chi connectivity index (χ2n) is 2.33. The van der Waals surface area contributed by atoms with E-state index in [0.29, 0.717) is 5.76 Å². The third-order valence-corrected chi connectivity index (χ3v) is 1.34. The predicted molar refractivity (Wildman–Crippen MR) is 49.5 cm³/mol. The average Bonchev–Trinajstić information content (AvgIpc) is 2.01. The van der Waals surface area contributed by atoms with Crippen LogP contribution < -0.4 is 0 Å². The molecule has 0 aromatic heterocycles. The second kappa shape index (κ2) is 5.35. The number of hydrogen-bond acceptors (Lipinski definition) is 2. The highest BCUT2D eigenvalue weighted by Crippen LogP contribution is 2.10. The van der Waals surface area contributed by atoms with Crippen molar-refractivity contribution in [3.8, 4) is 0 Å². The van der Waals surface area contributed by atoms with Gasteiger partial charge < -0.3 is 4.74 Å². The van der Waals surface area contributed by atoms with Crippen molar-refractivity contribution in [3.63, 3.8) is 0 Å². The van der Waals surface area contributed by atoms with Crippen LogP contribution in [0.15, 0.2) is 36.1 Å². The molecule has 0 bridgehead atoms. The molecule has 0 aromatic carbocycles. The summed E-state index contributed by atoms with van der Waals surface area (Å²) in [5.74, 6) is 0.240. The van der Waals surface area contributed by atoms with E-state index in [1.807, 2.05) is 19.9 Å². The van der Waals surface area contributed by atoms with Gasteiger partial charge in [0.25, 0.3) is 0 Å². The van der Waals surface area contributed by atoms with Crippen LogP contribution in [-0.2, 0) is 9.53 Å². The molecular formula is C10H14O2. The molecule has 0 heterocycles. The van der Waals surface area contributed by atoms with Gasteiger partial charge in [-0.05, 0) is 25.5 Å². The lowest BCUT2D eigenvalue weighted by Gasteiger charge is -2.05. The molecule has 0 spiro atoms. The Bertz CT molecular complexity index is 234. The summed E-state index contributed by atoms with van der Waals surface area (Å²) in [6, 6.07) is 0. The number of carbonyl (C=O) groups excluding carboxylic acids is 1. The summed E-state index contributed by atoms with van der Waals surface area (Å²) < 4.78 is 4.93. The maximum absolute atomic E-state index is 10.6. The minimum Gasteiger partial charge on any atom is -0.426 e. The van der Waals surface area contributed by atoms with Crippen LogP contribution in [0.5, 0.6) is 0 Å². The Morgan fingerprint density at radius 3 is 2.33 bits per heavy atom. The lowest BCUT2D eigenvalue weighted by molar-refractivity contribution is -0.136. The molecule has 0 rings (SSSR count). The number of rotatable bonds is 3. The molecule has 0 aliphatic rings. The highest BCUT2D eigenvalue weighted by atomic mass is 16.5. The molecular weight excluding hydrogens is 152 g/mol. The van der Waals surface area contributed by atoms with E-state index in [4.69, 9.17) is 4.74 Å². The second-order valence-corrected chi connectivity index (χ2v) is 2.33. The lowest BCUT2D eigenvalue weighted by atomic mass is 10.2. The van der Waals surface area contributed by atoms with Gasteiger partial charge in [0.2, 0.25) is 0 Å². The van der Waals surface area contributed by atoms with Gasteiger partial charge in [-0.1, -0.05) is 18.7 Å². The zero-order valence-corrected chi connectivity index (χ0v) is 7.76. The Balaban J connectivity index is 4.56. The van der Waals surface area contributed by atoms with Gasteiger partial charge in [-0.2, -0.15) is 0 Å². The average molecular weight is 166 g/mol. The van der Waals surface area contributed by atoms with Crippen molar-refractivity contribution in [2.45, 2.75) is 20.8 Å². The Morgan fingerprint density at radius 2 is 2.00 bits per heavy atom. The highest BCUT2D eigenvalue weighted by molar-refractivity contribution is 5.68. The number of allylic oxidation sites excluding steroid dienone is 4. The van der Waals surface area contributed by atoms with Gasteiger partial charge in [0.15, 0.2) is 0 Å². The normalized spacial score (nSPS) is 12.6. The molecule has 12 heavy (non-hydrogen) atoms. The Kier molecular flexibility index (Phi) is 4.77. The van der Waals surface area contributed by atoms with Crippen LogP contribution in [0.4, 0.5) is 0 Å². The molecule has 0 unspecified atom stereocenters. The smallest absolute Gasteiger partial charge is 0.308 e. The maximum atomic E-state index is 10.6. The van der Waals surface area contributed by atoms with Crippen LogP contribution in [0.25, 0.3) is 0 Å². The lowest BCUT2D eigenvalue weighted by Crippen LogP contribution is -1.99. The molecule has 0 N–H and O–H groups in total. The number of carbonyl (C=O) groups is 1. The van der Waals surface area contributed by atoms with E-state index in [0.717, 1.165) is 5.57 Å². The Morgan fingerprint density at radius 1 is 1.42 bits per heavy atom. The fourth-order valence-electron chi connectivity index (χ4n) is 0.650. The third-order valence-electron chi connectivity index (χ3n) is 1.34. The first-order chi connectivity index (χ1) is 5.61. The van der Waals surface area contributed by atoms with E-state index in [1.54, 1.807) is 12.2 Å². The fraction of sp³-hybridized carbons (Fsp3) is 0.300. The van der Waals surface area contributed by atoms with Gasteiger partial charge in [-0.15, -0.1) is 0 Å². The molecule has 2 nitrogen and oxygen atoms in total. The van der Waals surface area contributed by atoms with Crippen molar-refractivity contribution >= 4 is 5.97 Å². The van der Waals surface area contributed by atoms with Crippen LogP contribution in [0.3, 0.4) is 0 Å². The summed E-state index contributed by atoms with van der Waals surface area (Å²) in [7, 11) is 0. The quantitative estimate of drug-likeness (QED) is 0.366. The molecule has 2 heteroatoms. The van der Waals surface area contributed by atoms with E-state index in [-0.39, 0.29) is 5.97 Å². The van der Waals surface area contributed by atoms with Crippen LogP contribution in [-0.4, -0.2) is 5.97 Å². The molecule has 66 valence electrons. The van der Waals surface area contributed by atoms with Crippen molar-refractivity contribution in [3.05, 3.63) is 36.1 Å². The topological polar surface area (TPSA) is 26.3 Å². The van der Waals surface area contributed by atoms with Crippen molar-refractivity contribution in [2.24, 2.45) is 0 Å². The maximum Gasteiger partial charge on any atom is 0.308 e. The van der Waals surface area contributed by atoms with Crippen molar-refractivity contribution in [2.75, 3.05) is 0 Å². The van der Waals surface area contributed by atoms with Crippen LogP contribution in [0.1, 0.15) is 20.8 Å². The van der Waals surface area contributed by atoms with Crippen molar-refractivity contribution < 1.29 is 9.53 Å². The Labute approximate surface area is 73.2 Å². The minimum absolute atomic E-state index is 0.315. The first-order valence-corrected chi connectivity index (χ1v) is 3.76. The molecule has 0 aromatic rings. The van der Waals surface area contributed by atoms with Gasteiger partial charge in [0, 0.05) is 6.92 Å². The zero-order valence-electron chi connectivity index (χ0n) is 7.76. The zero-order chi connectivity index (χ0) is 9.56. The molecule has 0 aliphatic heterocycles. The largest absolute Gasteiger partial charge is 0.426 e. The Hall–Kier alpha value is -1.31. The predicted octanol–water partition coefficient (Wildman–Crippen LogP) is 2.59. The summed E-state index contributed by atoms with van der Waals surface area (Å²) in [5, 5.41) is 0. The van der Waals surface area contributed by atoms with E-state index >= 15 is 0 Å². The molecule has 0 amide bonds. The summed E-state index contributed by atoms with van der Waals surface area (Å²) in [6.45, 7) is 8.66. The standard InChI is InChI=1S/C10H14O2/c1-5-7-10(8(3)6-2)12-9(4)11/h5-7H,1H2,2-4H3/b8-6-,10-7+. The first-order valence-electron chi connectivity index (χ1n) is 3.76. The van der Waals surface area contributed by atoms with Gasteiger partial charge in [-0.3, -0.25) is 4.79 Å².